The molecule has 0 spiro atoms. The van der Waals surface area contributed by atoms with Gasteiger partial charge in [-0.1, -0.05) is 34.6 Å². The number of nitrogens with zero attached hydrogens (tertiary/aromatic N) is 1. The minimum atomic E-state index is -1.25. The number of nitrogens with one attached hydrogen (secondary N) is 3. The van der Waals surface area contributed by atoms with Crippen LogP contribution in [0.5, 0.6) is 0 Å². The van der Waals surface area contributed by atoms with E-state index >= 15 is 0 Å². The largest absolute Gasteiger partial charge is 0.480 e. The van der Waals surface area contributed by atoms with Gasteiger partial charge in [0.05, 0.1) is 30.7 Å². The molecule has 32 heavy (non-hydrogen) atoms. The van der Waals surface area contributed by atoms with E-state index in [0.29, 0.717) is 32.2 Å². The first-order chi connectivity index (χ1) is 15.0. The lowest BCUT2D eigenvalue weighted by atomic mass is 9.87. The van der Waals surface area contributed by atoms with E-state index in [2.05, 4.69) is 16.0 Å². The molecule has 0 aromatic heterocycles. The van der Waals surface area contributed by atoms with Crippen LogP contribution >= 0.6 is 0 Å². The third kappa shape index (κ3) is 8.31. The highest BCUT2D eigenvalue weighted by atomic mass is 16.4. The van der Waals surface area contributed by atoms with Gasteiger partial charge in [-0.05, 0) is 39.2 Å². The molecule has 10 heteroatoms. The average molecular weight is 457 g/mol. The fraction of sp³-hybridized carbons (Fsp3) is 0.773. The molecule has 0 aromatic carbocycles. The first-order valence-corrected chi connectivity index (χ1v) is 11.3. The molecule has 0 saturated heterocycles. The number of likely N-dealkylation sites (N-methyl/N-ethyl adjacent to an activating group) is 1. The second-order valence-corrected chi connectivity index (χ2v) is 7.86. The number of rotatable bonds is 17. The van der Waals surface area contributed by atoms with Crippen LogP contribution in [0.3, 0.4) is 0 Å². The quantitative estimate of drug-likeness (QED) is 0.247. The molecule has 0 atom stereocenters. The Morgan fingerprint density at radius 2 is 1.31 bits per heavy atom. The molecule has 0 bridgehead atoms. The second-order valence-electron chi connectivity index (χ2n) is 7.86. The molecular formula is C22H40N4O6. The smallest absolute Gasteiger partial charge is 0.323 e. The Balaban J connectivity index is 5.13. The molecule has 0 heterocycles. The Labute approximate surface area is 190 Å². The van der Waals surface area contributed by atoms with Crippen molar-refractivity contribution in [2.24, 2.45) is 0 Å². The number of amides is 2. The van der Waals surface area contributed by atoms with Crippen molar-refractivity contribution in [1.29, 1.82) is 0 Å². The summed E-state index contributed by atoms with van der Waals surface area (Å²) in [4.78, 5) is 61.8. The minimum absolute atomic E-state index is 0.0754. The van der Waals surface area contributed by atoms with Crippen LogP contribution in [0.4, 0.5) is 0 Å². The van der Waals surface area contributed by atoms with Crippen molar-refractivity contribution in [3.05, 3.63) is 0 Å². The lowest BCUT2D eigenvalue weighted by Gasteiger charge is -2.33. The average Bonchev–Trinajstić information content (AvgIpc) is 2.75. The zero-order valence-electron chi connectivity index (χ0n) is 20.3. The van der Waals surface area contributed by atoms with Crippen LogP contribution in [0.15, 0.2) is 0 Å². The molecule has 10 nitrogen and oxygen atoms in total. The third-order valence-electron chi connectivity index (χ3n) is 6.17. The third-order valence-corrected chi connectivity index (χ3v) is 6.17. The van der Waals surface area contributed by atoms with E-state index in [1.54, 1.807) is 0 Å². The molecule has 0 aliphatic heterocycles. The standard InChI is InChI=1S/C22H40N4O6/c1-7-21(8-2,16(6)27)25-12-18(29)23-13-19(30)26(15-20(31)32)14-17(28)22(9-3,10-4)24-11-5/h24-25H,7-15H2,1-6H3,(H,23,29)(H,31,32). The van der Waals surface area contributed by atoms with Crippen molar-refractivity contribution in [1.82, 2.24) is 20.9 Å². The lowest BCUT2D eigenvalue weighted by molar-refractivity contribution is -0.146. The predicted molar refractivity (Wildman–Crippen MR) is 121 cm³/mol. The van der Waals surface area contributed by atoms with Crippen molar-refractivity contribution < 1.29 is 29.1 Å². The summed E-state index contributed by atoms with van der Waals surface area (Å²) in [6.07, 6.45) is 2.03. The van der Waals surface area contributed by atoms with E-state index in [4.69, 9.17) is 0 Å². The summed E-state index contributed by atoms with van der Waals surface area (Å²) in [5.74, 6) is -2.77. The molecule has 0 saturated carbocycles. The van der Waals surface area contributed by atoms with E-state index in [1.807, 2.05) is 34.6 Å². The van der Waals surface area contributed by atoms with E-state index in [9.17, 15) is 29.1 Å². The van der Waals surface area contributed by atoms with Crippen molar-refractivity contribution in [3.8, 4) is 0 Å². The number of carboxylic acid groups (broad SMARTS) is 1. The van der Waals surface area contributed by atoms with E-state index < -0.39 is 42.0 Å². The summed E-state index contributed by atoms with van der Waals surface area (Å²) in [5, 5.41) is 17.7. The molecular weight excluding hydrogens is 416 g/mol. The van der Waals surface area contributed by atoms with Crippen LogP contribution in [-0.2, 0) is 24.0 Å². The second kappa shape index (κ2) is 13.9. The summed E-state index contributed by atoms with van der Waals surface area (Å²) >= 11 is 0. The summed E-state index contributed by atoms with van der Waals surface area (Å²) in [7, 11) is 0. The highest BCUT2D eigenvalue weighted by molar-refractivity contribution is 5.95. The SMILES string of the molecule is CCNC(CC)(CC)C(=O)CN(CC(=O)O)C(=O)CNC(=O)CNC(CC)(CC)C(C)=O. The monoisotopic (exact) mass is 456 g/mol. The molecule has 4 N–H and O–H groups in total. The fourth-order valence-electron chi connectivity index (χ4n) is 3.77. The number of carbonyl (C=O) groups excluding carboxylic acids is 4. The van der Waals surface area contributed by atoms with Crippen LogP contribution in [-0.4, -0.2) is 83.2 Å². The van der Waals surface area contributed by atoms with Crippen LogP contribution in [0.1, 0.15) is 67.2 Å². The zero-order chi connectivity index (χ0) is 24.9. The number of ketones is 2. The molecule has 184 valence electrons. The Morgan fingerprint density at radius 1 is 0.781 bits per heavy atom. The molecule has 0 unspecified atom stereocenters. The molecule has 0 rings (SSSR count). The van der Waals surface area contributed by atoms with E-state index in [0.717, 1.165) is 4.90 Å². The van der Waals surface area contributed by atoms with Crippen molar-refractivity contribution in [2.45, 2.75) is 78.3 Å². The molecule has 0 fully saturated rings. The topological polar surface area (TPSA) is 145 Å². The van der Waals surface area contributed by atoms with Crippen molar-refractivity contribution in [2.75, 3.05) is 32.7 Å². The van der Waals surface area contributed by atoms with Gasteiger partial charge in [0, 0.05) is 0 Å². The number of aliphatic carboxylic acids is 1. The van der Waals surface area contributed by atoms with Crippen LogP contribution in [0.25, 0.3) is 0 Å². The first-order valence-electron chi connectivity index (χ1n) is 11.3. The number of carbonyl (C=O) groups is 5. The number of carboxylic acids is 1. The molecule has 0 aliphatic carbocycles. The van der Waals surface area contributed by atoms with E-state index in [-0.39, 0.29) is 24.7 Å². The maximum Gasteiger partial charge on any atom is 0.323 e. The molecule has 2 amide bonds. The van der Waals surface area contributed by atoms with Crippen molar-refractivity contribution >= 4 is 29.4 Å². The Morgan fingerprint density at radius 3 is 1.72 bits per heavy atom. The molecule has 0 aromatic rings. The minimum Gasteiger partial charge on any atom is -0.480 e. The van der Waals surface area contributed by atoms with Crippen LogP contribution < -0.4 is 16.0 Å². The molecule has 0 aliphatic rings. The van der Waals surface area contributed by atoms with Gasteiger partial charge in [0.25, 0.3) is 0 Å². The maximum atomic E-state index is 12.9. The summed E-state index contributed by atoms with van der Waals surface area (Å²) in [6, 6.07) is 0. The van der Waals surface area contributed by atoms with Gasteiger partial charge in [-0.25, -0.2) is 0 Å². The van der Waals surface area contributed by atoms with Gasteiger partial charge >= 0.3 is 5.97 Å². The van der Waals surface area contributed by atoms with Gasteiger partial charge in [-0.3, -0.25) is 29.3 Å². The van der Waals surface area contributed by atoms with Crippen LogP contribution in [0.2, 0.25) is 0 Å². The van der Waals surface area contributed by atoms with E-state index in [1.165, 1.54) is 6.92 Å². The maximum absolute atomic E-state index is 12.9. The van der Waals surface area contributed by atoms with Gasteiger partial charge in [0.15, 0.2) is 5.78 Å². The fourth-order valence-corrected chi connectivity index (χ4v) is 3.77. The number of Topliss-reactive ketones (excluding diaryl/α,β-unsaturated/α-hetero) is 2. The normalized spacial score (nSPS) is 11.7. The Kier molecular flexibility index (Phi) is 12.9. The summed E-state index contributed by atoms with van der Waals surface area (Å²) in [5.41, 5.74) is -1.64. The number of hydrogen-bond acceptors (Lipinski definition) is 7. The van der Waals surface area contributed by atoms with Gasteiger partial charge in [-0.15, -0.1) is 0 Å². The van der Waals surface area contributed by atoms with Crippen LogP contribution in [0, 0.1) is 0 Å². The van der Waals surface area contributed by atoms with Gasteiger partial charge in [-0.2, -0.15) is 0 Å². The number of hydrogen-bond donors (Lipinski definition) is 4. The summed E-state index contributed by atoms with van der Waals surface area (Å²) in [6.45, 7) is 9.67. The highest BCUT2D eigenvalue weighted by Crippen LogP contribution is 2.18. The Bertz CT molecular complexity index is 671. The highest BCUT2D eigenvalue weighted by Gasteiger charge is 2.36. The van der Waals surface area contributed by atoms with Gasteiger partial charge in [0.2, 0.25) is 11.8 Å². The van der Waals surface area contributed by atoms with Gasteiger partial charge in [0.1, 0.15) is 12.3 Å². The Hall–Kier alpha value is -2.33. The zero-order valence-corrected chi connectivity index (χ0v) is 20.3. The summed E-state index contributed by atoms with van der Waals surface area (Å²) < 4.78 is 0. The predicted octanol–water partition coefficient (Wildman–Crippen LogP) is 0.491. The van der Waals surface area contributed by atoms with Gasteiger partial charge < -0.3 is 20.6 Å². The first kappa shape index (κ1) is 29.7. The molecule has 0 radical (unpaired) electrons. The lowest BCUT2D eigenvalue weighted by Crippen LogP contribution is -2.56. The van der Waals surface area contributed by atoms with Crippen molar-refractivity contribution in [3.63, 3.8) is 0 Å².